The second-order valence-corrected chi connectivity index (χ2v) is 3.98. The van der Waals surface area contributed by atoms with E-state index in [1.165, 1.54) is 0 Å². The van der Waals surface area contributed by atoms with Crippen molar-refractivity contribution in [1.29, 1.82) is 5.26 Å². The lowest BCUT2D eigenvalue weighted by molar-refractivity contribution is 0.404. The van der Waals surface area contributed by atoms with Gasteiger partial charge in [-0.05, 0) is 19.3 Å². The number of hydrogen-bond acceptors (Lipinski definition) is 3. The van der Waals surface area contributed by atoms with Crippen LogP contribution in [0.25, 0.3) is 0 Å². The van der Waals surface area contributed by atoms with Crippen molar-refractivity contribution in [2.45, 2.75) is 58.9 Å². The molecule has 1 aromatic rings. The van der Waals surface area contributed by atoms with Crippen LogP contribution in [0.3, 0.4) is 0 Å². The molecule has 1 heterocycles. The third-order valence-corrected chi connectivity index (χ3v) is 2.89. The van der Waals surface area contributed by atoms with Crippen LogP contribution >= 0.6 is 0 Å². The average molecular weight is 220 g/mol. The van der Waals surface area contributed by atoms with Crippen LogP contribution in [0, 0.1) is 11.3 Å². The normalized spacial score (nSPS) is 10.7. The van der Waals surface area contributed by atoms with Gasteiger partial charge in [0.2, 0.25) is 0 Å². The maximum atomic E-state index is 8.75. The predicted octanol–water partition coefficient (Wildman–Crippen LogP) is 2.66. The molecule has 16 heavy (non-hydrogen) atoms. The molecule has 0 aliphatic heterocycles. The van der Waals surface area contributed by atoms with Gasteiger partial charge in [-0.3, -0.25) is 0 Å². The van der Waals surface area contributed by atoms with Crippen molar-refractivity contribution < 1.29 is 0 Å². The highest BCUT2D eigenvalue weighted by Crippen LogP contribution is 2.19. The summed E-state index contributed by atoms with van der Waals surface area (Å²) in [6.45, 7) is 6.46. The minimum absolute atomic E-state index is 0.371. The van der Waals surface area contributed by atoms with Gasteiger partial charge in [-0.2, -0.15) is 5.26 Å². The Morgan fingerprint density at radius 2 is 2.00 bits per heavy atom. The molecular weight excluding hydrogens is 200 g/mol. The van der Waals surface area contributed by atoms with Crippen LogP contribution in [-0.4, -0.2) is 15.0 Å². The summed E-state index contributed by atoms with van der Waals surface area (Å²) < 4.78 is 2.02. The summed E-state index contributed by atoms with van der Waals surface area (Å²) in [4.78, 5) is 0. The molecule has 0 fully saturated rings. The SMILES string of the molecule is CCCc1c(CC#N)nnn1C(CC)CC. The zero-order valence-electron chi connectivity index (χ0n) is 10.4. The summed E-state index contributed by atoms with van der Waals surface area (Å²) in [5.41, 5.74) is 2.01. The molecule has 1 aromatic heterocycles. The zero-order valence-corrected chi connectivity index (χ0v) is 10.4. The summed E-state index contributed by atoms with van der Waals surface area (Å²) in [5, 5.41) is 17.1. The fourth-order valence-corrected chi connectivity index (χ4v) is 1.98. The third kappa shape index (κ3) is 2.60. The number of hydrogen-bond donors (Lipinski definition) is 0. The van der Waals surface area contributed by atoms with E-state index in [1.54, 1.807) is 0 Å². The van der Waals surface area contributed by atoms with Gasteiger partial charge in [0.05, 0.1) is 29.9 Å². The van der Waals surface area contributed by atoms with Crippen molar-refractivity contribution in [2.24, 2.45) is 0 Å². The molecular formula is C12H20N4. The van der Waals surface area contributed by atoms with Crippen LogP contribution in [0.15, 0.2) is 0 Å². The molecule has 0 aliphatic rings. The molecule has 4 heteroatoms. The van der Waals surface area contributed by atoms with Crippen LogP contribution < -0.4 is 0 Å². The van der Waals surface area contributed by atoms with E-state index in [0.717, 1.165) is 37.1 Å². The van der Waals surface area contributed by atoms with E-state index in [9.17, 15) is 0 Å². The first-order valence-electron chi connectivity index (χ1n) is 6.08. The van der Waals surface area contributed by atoms with E-state index in [1.807, 2.05) is 4.68 Å². The Hall–Kier alpha value is -1.37. The van der Waals surface area contributed by atoms with Gasteiger partial charge in [0.15, 0.2) is 0 Å². The Balaban J connectivity index is 3.03. The Kier molecular flexibility index (Phi) is 4.97. The van der Waals surface area contributed by atoms with Crippen LogP contribution in [0.2, 0.25) is 0 Å². The molecule has 0 N–H and O–H groups in total. The number of rotatable bonds is 6. The highest BCUT2D eigenvalue weighted by Gasteiger charge is 2.16. The maximum Gasteiger partial charge on any atom is 0.0999 e. The molecule has 0 radical (unpaired) electrons. The maximum absolute atomic E-state index is 8.75. The Morgan fingerprint density at radius 3 is 2.50 bits per heavy atom. The van der Waals surface area contributed by atoms with Gasteiger partial charge >= 0.3 is 0 Å². The molecule has 0 unspecified atom stereocenters. The summed E-state index contributed by atoms with van der Waals surface area (Å²) in [6.07, 6.45) is 4.51. The molecule has 0 spiro atoms. The third-order valence-electron chi connectivity index (χ3n) is 2.89. The molecule has 0 saturated carbocycles. The second-order valence-electron chi connectivity index (χ2n) is 3.98. The summed E-state index contributed by atoms with van der Waals surface area (Å²) in [6, 6.07) is 2.57. The van der Waals surface area contributed by atoms with Crippen molar-refractivity contribution in [2.75, 3.05) is 0 Å². The first-order chi connectivity index (χ1) is 7.78. The summed E-state index contributed by atoms with van der Waals surface area (Å²) >= 11 is 0. The van der Waals surface area contributed by atoms with E-state index < -0.39 is 0 Å². The molecule has 0 saturated heterocycles. The van der Waals surface area contributed by atoms with Gasteiger partial charge in [-0.25, -0.2) is 4.68 Å². The van der Waals surface area contributed by atoms with Crippen LogP contribution in [0.5, 0.6) is 0 Å². The molecule has 1 rings (SSSR count). The van der Waals surface area contributed by atoms with Crippen molar-refractivity contribution in [3.05, 3.63) is 11.4 Å². The lowest BCUT2D eigenvalue weighted by atomic mass is 10.1. The number of aromatic nitrogens is 3. The van der Waals surface area contributed by atoms with Gasteiger partial charge in [-0.15, -0.1) is 5.10 Å². The Morgan fingerprint density at radius 1 is 1.31 bits per heavy atom. The largest absolute Gasteiger partial charge is 0.246 e. The molecule has 0 aliphatic carbocycles. The van der Waals surface area contributed by atoms with E-state index in [0.29, 0.717) is 12.5 Å². The molecule has 0 aromatic carbocycles. The van der Waals surface area contributed by atoms with Crippen molar-refractivity contribution in [3.63, 3.8) is 0 Å². The smallest absolute Gasteiger partial charge is 0.0999 e. The first-order valence-corrected chi connectivity index (χ1v) is 6.08. The van der Waals surface area contributed by atoms with Crippen molar-refractivity contribution >= 4 is 0 Å². The lowest BCUT2D eigenvalue weighted by Crippen LogP contribution is -2.13. The van der Waals surface area contributed by atoms with E-state index in [2.05, 4.69) is 37.2 Å². The minimum Gasteiger partial charge on any atom is -0.246 e. The van der Waals surface area contributed by atoms with E-state index in [-0.39, 0.29) is 0 Å². The van der Waals surface area contributed by atoms with Crippen LogP contribution in [0.1, 0.15) is 57.5 Å². The molecule has 0 amide bonds. The second kappa shape index (κ2) is 6.26. The highest BCUT2D eigenvalue weighted by atomic mass is 15.4. The average Bonchev–Trinajstić information content (AvgIpc) is 2.66. The first kappa shape index (κ1) is 12.7. The lowest BCUT2D eigenvalue weighted by Gasteiger charge is -2.15. The zero-order chi connectivity index (χ0) is 12.0. The minimum atomic E-state index is 0.371. The van der Waals surface area contributed by atoms with Crippen LogP contribution in [-0.2, 0) is 12.8 Å². The van der Waals surface area contributed by atoms with E-state index >= 15 is 0 Å². The molecule has 0 atom stereocenters. The Bertz CT molecular complexity index is 358. The number of nitriles is 1. The quantitative estimate of drug-likeness (QED) is 0.740. The standard InChI is InChI=1S/C12H20N4/c1-4-7-12-11(8-9-13)14-15-16(12)10(5-2)6-3/h10H,4-8H2,1-3H3. The molecule has 88 valence electrons. The fourth-order valence-electron chi connectivity index (χ4n) is 1.98. The Labute approximate surface area is 97.3 Å². The highest BCUT2D eigenvalue weighted by molar-refractivity contribution is 5.15. The number of nitrogens with zero attached hydrogens (tertiary/aromatic N) is 4. The summed E-state index contributed by atoms with van der Waals surface area (Å²) in [7, 11) is 0. The van der Waals surface area contributed by atoms with Crippen molar-refractivity contribution in [3.8, 4) is 6.07 Å². The van der Waals surface area contributed by atoms with Gasteiger partial charge < -0.3 is 0 Å². The topological polar surface area (TPSA) is 54.5 Å². The molecule has 0 bridgehead atoms. The van der Waals surface area contributed by atoms with Gasteiger partial charge in [0.25, 0.3) is 0 Å². The van der Waals surface area contributed by atoms with Crippen molar-refractivity contribution in [1.82, 2.24) is 15.0 Å². The molecule has 4 nitrogen and oxygen atoms in total. The van der Waals surface area contributed by atoms with Crippen LogP contribution in [0.4, 0.5) is 0 Å². The fraction of sp³-hybridized carbons (Fsp3) is 0.750. The monoisotopic (exact) mass is 220 g/mol. The van der Waals surface area contributed by atoms with Gasteiger partial charge in [0, 0.05) is 0 Å². The van der Waals surface area contributed by atoms with Gasteiger partial charge in [0.1, 0.15) is 0 Å². The predicted molar refractivity (Wildman–Crippen MR) is 63.0 cm³/mol. The van der Waals surface area contributed by atoms with Gasteiger partial charge in [-0.1, -0.05) is 32.4 Å². The van der Waals surface area contributed by atoms with E-state index in [4.69, 9.17) is 5.26 Å². The summed E-state index contributed by atoms with van der Waals surface area (Å²) in [5.74, 6) is 0.